The Hall–Kier alpha value is -6.46. The molecule has 2 saturated heterocycles. The zero-order valence-electron chi connectivity index (χ0n) is 35.2. The minimum Gasteiger partial charge on any atom is -0.480 e. The first-order chi connectivity index (χ1) is 31.1. The van der Waals surface area contributed by atoms with E-state index >= 15 is 0 Å². The summed E-state index contributed by atoms with van der Waals surface area (Å²) in [7, 11) is 4.17. The number of anilines is 1. The monoisotopic (exact) mass is 934 g/mol. The number of carbonyl (C=O) groups excluding carboxylic acids is 7. The number of aromatic nitrogens is 4. The average molecular weight is 935 g/mol. The number of nitrogens with zero attached hydrogens (tertiary/aromatic N) is 4. The number of primary amides is 1. The van der Waals surface area contributed by atoms with Gasteiger partial charge in [0.1, 0.15) is 12.6 Å². The summed E-state index contributed by atoms with van der Waals surface area (Å²) in [6.07, 6.45) is 3.00. The zero-order chi connectivity index (χ0) is 47.0. The van der Waals surface area contributed by atoms with Crippen molar-refractivity contribution in [3.8, 4) is 0 Å². The second-order valence-corrected chi connectivity index (χ2v) is 17.9. The molecule has 24 heteroatoms. The molecule has 3 aliphatic heterocycles. The van der Waals surface area contributed by atoms with Crippen molar-refractivity contribution in [3.05, 3.63) is 80.1 Å². The van der Waals surface area contributed by atoms with Crippen LogP contribution < -0.4 is 33.0 Å². The maximum atomic E-state index is 14.0. The number of methoxy groups -OCH3 is 1. The topological polar surface area (TPSA) is 348 Å². The molecular formula is C41H46N10O12S2. The molecule has 9 N–H and O–H groups in total. The number of carboxylic acids is 1. The van der Waals surface area contributed by atoms with E-state index in [1.165, 1.54) is 28.7 Å². The third-order valence-electron chi connectivity index (χ3n) is 11.4. The number of ether oxygens (including phenoxy) is 2. The molecule has 3 amide bonds. The molecule has 1 aliphatic carbocycles. The summed E-state index contributed by atoms with van der Waals surface area (Å²) in [5, 5.41) is 18.4. The van der Waals surface area contributed by atoms with Crippen molar-refractivity contribution in [1.82, 2.24) is 40.8 Å². The second-order valence-electron chi connectivity index (χ2n) is 15.3. The first-order valence-corrected chi connectivity index (χ1v) is 22.8. The van der Waals surface area contributed by atoms with E-state index in [-0.39, 0.29) is 90.1 Å². The number of carboxylic acid groups (broad SMARTS) is 1. The molecule has 344 valence electrons. The Labute approximate surface area is 377 Å². The highest BCUT2D eigenvalue weighted by Gasteiger charge is 2.72. The number of nitrogens with one attached hydrogen (secondary N) is 4. The van der Waals surface area contributed by atoms with Gasteiger partial charge in [-0.15, -0.1) is 0 Å². The number of rotatable bonds is 20. The lowest BCUT2D eigenvalue weighted by molar-refractivity contribution is -0.191. The summed E-state index contributed by atoms with van der Waals surface area (Å²) in [5.41, 5.74) is 12.9. The van der Waals surface area contributed by atoms with Crippen LogP contribution in [-0.2, 0) is 51.1 Å². The van der Waals surface area contributed by atoms with Crippen molar-refractivity contribution >= 4 is 80.3 Å². The van der Waals surface area contributed by atoms with Crippen molar-refractivity contribution in [2.24, 2.45) is 11.7 Å². The van der Waals surface area contributed by atoms with Crippen LogP contribution in [0, 0.1) is 5.92 Å². The van der Waals surface area contributed by atoms with E-state index in [2.05, 4.69) is 35.9 Å². The molecule has 0 radical (unpaired) electrons. The number of aliphatic carboxylic acids is 1. The number of hydrogen-bond donors (Lipinski definition) is 7. The van der Waals surface area contributed by atoms with Crippen LogP contribution in [0.15, 0.2) is 57.7 Å². The Morgan fingerprint density at radius 2 is 1.80 bits per heavy atom. The number of aromatic amines is 1. The van der Waals surface area contributed by atoms with Gasteiger partial charge in [-0.05, 0) is 56.7 Å². The molecule has 4 aliphatic rings. The minimum atomic E-state index is -1.18. The van der Waals surface area contributed by atoms with Gasteiger partial charge in [-0.25, -0.2) is 19.6 Å². The van der Waals surface area contributed by atoms with Crippen LogP contribution in [-0.4, -0.2) is 134 Å². The molecule has 2 fully saturated rings. The van der Waals surface area contributed by atoms with Crippen LogP contribution >= 0.6 is 21.6 Å². The minimum absolute atomic E-state index is 0.00364. The summed E-state index contributed by atoms with van der Waals surface area (Å²) >= 11 is 0. The number of aryl methyl sites for hydroxylation is 2. The molecule has 5 atom stereocenters. The van der Waals surface area contributed by atoms with Gasteiger partial charge in [0.25, 0.3) is 11.5 Å². The van der Waals surface area contributed by atoms with E-state index in [0.29, 0.717) is 66.1 Å². The van der Waals surface area contributed by atoms with Crippen molar-refractivity contribution in [1.29, 1.82) is 0 Å². The number of H-pyrrole nitrogens is 1. The number of allylic oxidation sites excluding steroid dienone is 2. The lowest BCUT2D eigenvalue weighted by Gasteiger charge is -2.39. The second kappa shape index (κ2) is 21.0. The molecule has 22 nitrogen and oxygen atoms in total. The van der Waals surface area contributed by atoms with Crippen molar-refractivity contribution in [3.63, 3.8) is 0 Å². The number of benzene rings is 1. The zero-order valence-corrected chi connectivity index (χ0v) is 36.8. The Morgan fingerprint density at radius 3 is 2.49 bits per heavy atom. The van der Waals surface area contributed by atoms with Crippen molar-refractivity contribution in [2.75, 3.05) is 44.0 Å². The first-order valence-electron chi connectivity index (χ1n) is 20.3. The van der Waals surface area contributed by atoms with Crippen LogP contribution in [0.1, 0.15) is 54.2 Å². The van der Waals surface area contributed by atoms with E-state index in [1.807, 2.05) is 17.0 Å². The summed E-state index contributed by atoms with van der Waals surface area (Å²) in [6, 6.07) is 5.80. The van der Waals surface area contributed by atoms with Gasteiger partial charge in [-0.2, -0.15) is 14.6 Å². The number of hydrogen-bond acceptors (Lipinski definition) is 19. The predicted molar refractivity (Wildman–Crippen MR) is 232 cm³/mol. The first kappa shape index (κ1) is 48.0. The van der Waals surface area contributed by atoms with Gasteiger partial charge >= 0.3 is 18.2 Å². The number of nitrogens with two attached hydrogens (primary N) is 2. The SMILES string of the molecule is CO[C@@]12[C@H](COC(N)=O)C3=C(C(=O)C(C)=C(CCCSSC[C@@H](NC(=O)CCCNC(=O)c4ccc(CCc5cnc6nc(N)[nH]c(=O)c6n5)cc4)C(=O)O)C3=O)N1C[C@@H]1N[C@@H]12.O=C=O. The van der Waals surface area contributed by atoms with Gasteiger partial charge < -0.3 is 46.9 Å². The molecule has 2 aromatic heterocycles. The smallest absolute Gasteiger partial charge is 0.404 e. The summed E-state index contributed by atoms with van der Waals surface area (Å²) < 4.78 is 11.2. The summed E-state index contributed by atoms with van der Waals surface area (Å²) in [4.78, 5) is 122. The molecular weight excluding hydrogens is 889 g/mol. The van der Waals surface area contributed by atoms with Gasteiger partial charge in [0.2, 0.25) is 17.6 Å². The Kier molecular flexibility index (Phi) is 15.5. The number of piperazine rings is 1. The number of nitrogen functional groups attached to an aromatic ring is 1. The van der Waals surface area contributed by atoms with Gasteiger partial charge in [0, 0.05) is 66.5 Å². The number of carbonyl (C=O) groups is 6. The van der Waals surface area contributed by atoms with E-state index < -0.39 is 41.2 Å². The fourth-order valence-corrected chi connectivity index (χ4v) is 10.5. The Balaban J connectivity index is 0.00000227. The average Bonchev–Trinajstić information content (AvgIpc) is 3.89. The lowest BCUT2D eigenvalue weighted by atomic mass is 9.79. The van der Waals surface area contributed by atoms with E-state index in [1.54, 1.807) is 25.3 Å². The number of ketones is 2. The normalized spacial score (nSPS) is 20.8. The molecule has 0 spiro atoms. The Morgan fingerprint density at radius 1 is 1.06 bits per heavy atom. The third-order valence-corrected chi connectivity index (χ3v) is 13.9. The van der Waals surface area contributed by atoms with Gasteiger partial charge in [0.15, 0.2) is 22.7 Å². The van der Waals surface area contributed by atoms with Crippen molar-refractivity contribution in [2.45, 2.75) is 69.3 Å². The highest BCUT2D eigenvalue weighted by Crippen LogP contribution is 2.56. The molecule has 5 heterocycles. The molecule has 0 saturated carbocycles. The molecule has 0 bridgehead atoms. The molecule has 7 rings (SSSR count). The van der Waals surface area contributed by atoms with E-state index in [4.69, 9.17) is 30.5 Å². The summed E-state index contributed by atoms with van der Waals surface area (Å²) in [6.45, 7) is 2.10. The number of amides is 3. The van der Waals surface area contributed by atoms with E-state index in [9.17, 15) is 38.7 Å². The van der Waals surface area contributed by atoms with Crippen LogP contribution in [0.25, 0.3) is 11.2 Å². The fraction of sp³-hybridized carbons (Fsp3) is 0.439. The lowest BCUT2D eigenvalue weighted by Crippen LogP contribution is -2.55. The quantitative estimate of drug-likeness (QED) is 0.0344. The molecule has 3 aromatic rings. The molecule has 0 unspecified atom stereocenters. The van der Waals surface area contributed by atoms with E-state index in [0.717, 1.165) is 5.56 Å². The number of fused-ring (bicyclic) bond motifs is 5. The number of Topliss-reactive ketones (excluding diaryl/α,β-unsaturated/α-hetero) is 2. The Bertz CT molecular complexity index is 2550. The highest BCUT2D eigenvalue weighted by atomic mass is 33.1. The van der Waals surface area contributed by atoms with Crippen LogP contribution in [0.4, 0.5) is 10.7 Å². The van der Waals surface area contributed by atoms with Crippen LogP contribution in [0.3, 0.4) is 0 Å². The van der Waals surface area contributed by atoms with Crippen LogP contribution in [0.2, 0.25) is 0 Å². The van der Waals surface area contributed by atoms with Gasteiger partial charge in [0.05, 0.1) is 29.5 Å². The van der Waals surface area contributed by atoms with Crippen molar-refractivity contribution < 1.29 is 52.9 Å². The standard InChI is InChI=1S/C40H46N10O10S2.CO2/c1-19-23(32(53)28-24(17-60-39(42)58)40(59-2)33-25(47-33)16-50(40)30(28)31(19)52)5-4-14-61-62-18-26(37(56)57)46-27(51)6-3-13-43-35(54)21-10-7-20(8-11-21)9-12-22-15-44-34-29(45-22)36(55)49-38(41)48-34;2-1-3/h7-8,10-11,15,24-26,33,47H,3-6,9,12-14,16-18H2,1-2H3,(H2,42,58)(H,43,54)(H,46,51)(H,56,57)(H3,41,44,48,49,55);/t24-,25+,26-,33+,40-;/m1./s1. The molecule has 65 heavy (non-hydrogen) atoms. The largest absolute Gasteiger partial charge is 0.480 e. The maximum Gasteiger partial charge on any atom is 0.404 e. The fourth-order valence-electron chi connectivity index (χ4n) is 8.31. The van der Waals surface area contributed by atoms with Gasteiger partial charge in [-0.1, -0.05) is 33.7 Å². The predicted octanol–water partition coefficient (Wildman–Crippen LogP) is 0.184. The summed E-state index contributed by atoms with van der Waals surface area (Å²) in [5.74, 6) is -2.65. The van der Waals surface area contributed by atoms with Gasteiger partial charge in [-0.3, -0.25) is 29.0 Å². The molecule has 1 aromatic carbocycles. The maximum absolute atomic E-state index is 14.0. The van der Waals surface area contributed by atoms with Crippen LogP contribution in [0.5, 0.6) is 0 Å². The highest BCUT2D eigenvalue weighted by molar-refractivity contribution is 8.76. The third kappa shape index (κ3) is 10.6.